The van der Waals surface area contributed by atoms with Crippen LogP contribution in [-0.4, -0.2) is 26.2 Å². The lowest BCUT2D eigenvalue weighted by molar-refractivity contribution is -0.136. The summed E-state index contributed by atoms with van der Waals surface area (Å²) in [6.07, 6.45) is 0. The molecule has 0 saturated carbocycles. The molecule has 4 aliphatic heterocycles. The van der Waals surface area contributed by atoms with Gasteiger partial charge < -0.3 is 9.47 Å². The van der Waals surface area contributed by atoms with Crippen LogP contribution in [0.5, 0.6) is 0 Å². The molecule has 0 aliphatic carbocycles. The third-order valence-corrected chi connectivity index (χ3v) is 12.4. The number of carbonyl (C=O) groups excluding carboxylic acids is 2. The van der Waals surface area contributed by atoms with Gasteiger partial charge in [-0.3, -0.25) is 0 Å². The third kappa shape index (κ3) is 4.32. The molecule has 4 nitrogen and oxygen atoms in total. The van der Waals surface area contributed by atoms with Gasteiger partial charge in [-0.1, -0.05) is 71.3 Å². The number of hydrogen-bond acceptors (Lipinski definition) is 10. The Morgan fingerprint density at radius 1 is 0.679 bits per heavy atom. The van der Waals surface area contributed by atoms with Crippen molar-refractivity contribution >= 4 is 82.5 Å². The molecule has 0 N–H and O–H groups in total. The number of esters is 2. The second-order valence-corrected chi connectivity index (χ2v) is 12.7. The molecule has 0 fully saturated rings. The fourth-order valence-electron chi connectivity index (χ4n) is 2.39. The van der Waals surface area contributed by atoms with Crippen LogP contribution in [0, 0.1) is 0 Å². The predicted molar refractivity (Wildman–Crippen MR) is 125 cm³/mol. The molecule has 0 amide bonds. The van der Waals surface area contributed by atoms with Gasteiger partial charge in [-0.2, -0.15) is 0 Å². The molecular weight excluding hydrogens is 473 g/mol. The predicted octanol–water partition coefficient (Wildman–Crippen LogP) is 5.94. The Bertz CT molecular complexity index is 857. The molecule has 146 valence electrons. The first-order chi connectivity index (χ1) is 13.6. The van der Waals surface area contributed by atoms with Gasteiger partial charge >= 0.3 is 11.9 Å². The topological polar surface area (TPSA) is 52.6 Å². The van der Waals surface area contributed by atoms with Gasteiger partial charge in [0.05, 0.1) is 31.2 Å². The summed E-state index contributed by atoms with van der Waals surface area (Å²) in [6.45, 7) is 0. The quantitative estimate of drug-likeness (QED) is 0.470. The average molecular weight is 487 g/mol. The number of ether oxygens (including phenoxy) is 2. The van der Waals surface area contributed by atoms with Crippen LogP contribution < -0.4 is 0 Å². The first kappa shape index (κ1) is 20.7. The van der Waals surface area contributed by atoms with Gasteiger partial charge in [-0.05, 0) is 11.1 Å². The molecule has 0 unspecified atom stereocenters. The van der Waals surface area contributed by atoms with Crippen LogP contribution in [0.2, 0.25) is 0 Å². The van der Waals surface area contributed by atoms with E-state index < -0.39 is 0 Å². The highest BCUT2D eigenvalue weighted by Gasteiger charge is 2.35. The molecule has 0 aromatic heterocycles. The molecule has 1 aromatic carbocycles. The van der Waals surface area contributed by atoms with Gasteiger partial charge in [-0.15, -0.1) is 23.5 Å². The maximum absolute atomic E-state index is 12.3. The summed E-state index contributed by atoms with van der Waals surface area (Å²) in [6, 6.07) is 8.48. The Kier molecular flexibility index (Phi) is 6.74. The molecule has 28 heavy (non-hydrogen) atoms. The molecule has 0 saturated heterocycles. The van der Waals surface area contributed by atoms with E-state index in [4.69, 9.17) is 9.47 Å². The minimum absolute atomic E-state index is 0.320. The minimum atomic E-state index is -0.320. The van der Waals surface area contributed by atoms with E-state index in [1.165, 1.54) is 48.9 Å². The number of thioether (sulfide) groups is 6. The zero-order valence-corrected chi connectivity index (χ0v) is 19.7. The zero-order chi connectivity index (χ0) is 19.7. The van der Waals surface area contributed by atoms with Crippen molar-refractivity contribution in [1.82, 2.24) is 0 Å². The number of benzene rings is 1. The summed E-state index contributed by atoms with van der Waals surface area (Å²) in [5, 5.41) is 0. The van der Waals surface area contributed by atoms with Crippen molar-refractivity contribution in [2.75, 3.05) is 14.2 Å². The van der Waals surface area contributed by atoms with Crippen LogP contribution in [0.15, 0.2) is 51.0 Å². The Morgan fingerprint density at radius 2 is 1.07 bits per heavy atom. The Morgan fingerprint density at radius 3 is 1.43 bits per heavy atom. The highest BCUT2D eigenvalue weighted by atomic mass is 32.2. The number of methoxy groups -OCH3 is 2. The zero-order valence-electron chi connectivity index (χ0n) is 14.8. The van der Waals surface area contributed by atoms with Gasteiger partial charge in [0.15, 0.2) is 0 Å². The van der Waals surface area contributed by atoms with Gasteiger partial charge in [0.1, 0.15) is 9.81 Å². The summed E-state index contributed by atoms with van der Waals surface area (Å²) < 4.78 is 13.9. The van der Waals surface area contributed by atoms with Crippen LogP contribution in [0.3, 0.4) is 0 Å². The fourth-order valence-corrected chi connectivity index (χ4v) is 10.8. The summed E-state index contributed by atoms with van der Waals surface area (Å²) in [7, 11) is 2.81. The van der Waals surface area contributed by atoms with Crippen molar-refractivity contribution in [2.45, 2.75) is 11.5 Å². The van der Waals surface area contributed by atoms with Crippen molar-refractivity contribution in [3.63, 3.8) is 0 Å². The largest absolute Gasteiger partial charge is 0.465 e. The molecular formula is C18H14O4S6. The molecule has 6 bridgehead atoms. The van der Waals surface area contributed by atoms with E-state index in [2.05, 4.69) is 24.3 Å². The highest BCUT2D eigenvalue weighted by Crippen LogP contribution is 2.63. The smallest absolute Gasteiger partial charge is 0.346 e. The standard InChI is InChI=1S/C18H14O4S6/c1-21-13(19)11-15-23-7-9-3-5-10(6-4-9)8-24-16-12(14(20)22-2)26-18(28-16)17(25-11)27-15/h3-6H,7-8H2,1-2H3. The second kappa shape index (κ2) is 9.09. The SMILES string of the molecule is COC(=O)C1=C2SCc3ccc(cc3)CSC3=C(C(=O)OC)SC(=C(S2)S1)S3. The van der Waals surface area contributed by atoms with Crippen LogP contribution in [0.4, 0.5) is 0 Å². The molecule has 0 atom stereocenters. The van der Waals surface area contributed by atoms with E-state index in [0.717, 1.165) is 28.5 Å². The lowest BCUT2D eigenvalue weighted by Crippen LogP contribution is -2.01. The minimum Gasteiger partial charge on any atom is -0.465 e. The maximum Gasteiger partial charge on any atom is 0.346 e. The first-order valence-electron chi connectivity index (χ1n) is 8.03. The molecule has 0 radical (unpaired) electrons. The van der Waals surface area contributed by atoms with Crippen molar-refractivity contribution in [2.24, 2.45) is 0 Å². The number of rotatable bonds is 2. The average Bonchev–Trinajstić information content (AvgIpc) is 3.34. The van der Waals surface area contributed by atoms with Crippen LogP contribution in [0.25, 0.3) is 0 Å². The normalized spacial score (nSPS) is 19.2. The molecule has 4 heterocycles. The monoisotopic (exact) mass is 486 g/mol. The van der Waals surface area contributed by atoms with E-state index in [-0.39, 0.29) is 11.9 Å². The summed E-state index contributed by atoms with van der Waals surface area (Å²) in [5.74, 6) is 0.936. The van der Waals surface area contributed by atoms with Gasteiger partial charge in [-0.25, -0.2) is 9.59 Å². The van der Waals surface area contributed by atoms with E-state index >= 15 is 0 Å². The van der Waals surface area contributed by atoms with Gasteiger partial charge in [0.2, 0.25) is 0 Å². The van der Waals surface area contributed by atoms with E-state index in [1.807, 2.05) is 0 Å². The number of carbonyl (C=O) groups is 2. The number of fused-ring (bicyclic) bond motifs is 4. The van der Waals surface area contributed by atoms with Crippen molar-refractivity contribution < 1.29 is 19.1 Å². The van der Waals surface area contributed by atoms with Gasteiger partial charge in [0.25, 0.3) is 0 Å². The van der Waals surface area contributed by atoms with Crippen LogP contribution in [0.1, 0.15) is 11.1 Å². The Balaban J connectivity index is 1.74. The second-order valence-electron chi connectivity index (χ2n) is 5.59. The maximum atomic E-state index is 12.3. The lowest BCUT2D eigenvalue weighted by atomic mass is 10.2. The lowest BCUT2D eigenvalue weighted by Gasteiger charge is -2.07. The summed E-state index contributed by atoms with van der Waals surface area (Å²) in [5.41, 5.74) is 2.42. The van der Waals surface area contributed by atoms with E-state index in [0.29, 0.717) is 9.81 Å². The Labute approximate surface area is 188 Å². The van der Waals surface area contributed by atoms with Crippen molar-refractivity contribution in [1.29, 1.82) is 0 Å². The molecule has 1 aromatic rings. The summed E-state index contributed by atoms with van der Waals surface area (Å²) >= 11 is 9.32. The fraction of sp³-hybridized carbons (Fsp3) is 0.222. The molecule has 5 rings (SSSR count). The molecule has 4 aliphatic rings. The highest BCUT2D eigenvalue weighted by molar-refractivity contribution is 8.40. The van der Waals surface area contributed by atoms with Crippen molar-refractivity contribution in [3.8, 4) is 0 Å². The third-order valence-electron chi connectivity index (χ3n) is 3.80. The van der Waals surface area contributed by atoms with Crippen LogP contribution in [-0.2, 0) is 30.6 Å². The molecule has 10 heteroatoms. The van der Waals surface area contributed by atoms with Crippen LogP contribution >= 0.6 is 70.6 Å². The number of hydrogen-bond donors (Lipinski definition) is 0. The molecule has 0 spiro atoms. The van der Waals surface area contributed by atoms with E-state index in [9.17, 15) is 9.59 Å². The first-order valence-corrected chi connectivity index (χ1v) is 13.3. The van der Waals surface area contributed by atoms with Gasteiger partial charge in [0, 0.05) is 11.5 Å². The summed E-state index contributed by atoms with van der Waals surface area (Å²) in [4.78, 5) is 25.8. The van der Waals surface area contributed by atoms with E-state index in [1.54, 1.807) is 47.0 Å². The van der Waals surface area contributed by atoms with Crippen molar-refractivity contribution in [3.05, 3.63) is 62.2 Å². The Hall–Kier alpha value is -0.520.